The number of aliphatic hydroxyl groups excluding tert-OH is 1. The average molecular weight is 488 g/mol. The lowest BCUT2D eigenvalue weighted by Crippen LogP contribution is -2.32. The number of hydrogen-bond donors (Lipinski definition) is 3. The van der Waals surface area contributed by atoms with Crippen LogP contribution in [0.25, 0.3) is 10.6 Å². The van der Waals surface area contributed by atoms with Gasteiger partial charge in [0, 0.05) is 25.5 Å². The highest BCUT2D eigenvalue weighted by Crippen LogP contribution is 2.32. The first-order valence-corrected chi connectivity index (χ1v) is 12.0. The van der Waals surface area contributed by atoms with E-state index in [0.717, 1.165) is 27.4 Å². The third-order valence-electron chi connectivity index (χ3n) is 5.88. The molecule has 0 saturated heterocycles. The second-order valence-corrected chi connectivity index (χ2v) is 9.59. The Bertz CT molecular complexity index is 1360. The molecule has 2 aromatic heterocycles. The highest BCUT2D eigenvalue weighted by molar-refractivity contribution is 7.14. The van der Waals surface area contributed by atoms with Crippen molar-refractivity contribution in [2.24, 2.45) is 0 Å². The molecule has 4 aromatic rings. The molecule has 3 N–H and O–H groups in total. The zero-order chi connectivity index (χ0) is 24.4. The molecule has 0 bridgehead atoms. The molecule has 0 spiro atoms. The van der Waals surface area contributed by atoms with Gasteiger partial charge in [-0.1, -0.05) is 47.7 Å². The molecule has 1 aliphatic heterocycles. The van der Waals surface area contributed by atoms with Gasteiger partial charge in [-0.25, -0.2) is 4.98 Å². The summed E-state index contributed by atoms with van der Waals surface area (Å²) in [5.74, 6) is 1.07. The lowest BCUT2D eigenvalue weighted by atomic mass is 9.99. The number of carbonyl (C=O) groups excluding carboxylic acids is 1. The number of aromatic nitrogens is 4. The summed E-state index contributed by atoms with van der Waals surface area (Å²) < 4.78 is 0. The molecule has 1 atom stereocenters. The molecule has 2 aromatic carbocycles. The monoisotopic (exact) mass is 487 g/mol. The summed E-state index contributed by atoms with van der Waals surface area (Å²) in [6.45, 7) is 2.36. The number of carbonyl (C=O) groups is 1. The van der Waals surface area contributed by atoms with E-state index in [1.807, 2.05) is 62.5 Å². The minimum Gasteiger partial charge on any atom is -0.394 e. The number of aryl methyl sites for hydroxylation is 1. The molecule has 0 aliphatic carbocycles. The van der Waals surface area contributed by atoms with E-state index in [1.54, 1.807) is 11.1 Å². The van der Waals surface area contributed by atoms with E-state index in [-0.39, 0.29) is 18.6 Å². The molecule has 3 heterocycles. The molecule has 0 unspecified atom stereocenters. The summed E-state index contributed by atoms with van der Waals surface area (Å²) in [6.07, 6.45) is 2.12. The number of anilines is 3. The number of nitrogens with zero attached hydrogens (tertiary/aromatic N) is 5. The minimum atomic E-state index is -0.358. The summed E-state index contributed by atoms with van der Waals surface area (Å²) >= 11 is 1.45. The molecule has 0 radical (unpaired) electrons. The van der Waals surface area contributed by atoms with Gasteiger partial charge in [-0.15, -0.1) is 10.2 Å². The van der Waals surface area contributed by atoms with Crippen molar-refractivity contribution >= 4 is 34.7 Å². The fourth-order valence-corrected chi connectivity index (χ4v) is 4.70. The van der Waals surface area contributed by atoms with Crippen LogP contribution in [0.1, 0.15) is 27.7 Å². The third kappa shape index (κ3) is 4.98. The van der Waals surface area contributed by atoms with Crippen LogP contribution in [0.15, 0.2) is 54.7 Å². The Morgan fingerprint density at radius 1 is 1.14 bits per heavy atom. The number of aliphatic hydroxyl groups is 1. The number of nitrogens with one attached hydrogen (secondary N) is 2. The second kappa shape index (κ2) is 9.77. The molecule has 5 rings (SSSR count). The van der Waals surface area contributed by atoms with Crippen LogP contribution < -0.4 is 10.6 Å². The minimum absolute atomic E-state index is 0.109. The van der Waals surface area contributed by atoms with Gasteiger partial charge in [0.25, 0.3) is 0 Å². The van der Waals surface area contributed by atoms with Crippen LogP contribution in [-0.4, -0.2) is 49.7 Å². The normalized spacial score (nSPS) is 13.9. The molecule has 0 saturated carbocycles. The lowest BCUT2D eigenvalue weighted by Gasteiger charge is -2.25. The van der Waals surface area contributed by atoms with Crippen molar-refractivity contribution in [3.05, 3.63) is 76.4 Å². The molecule has 9 nitrogen and oxygen atoms in total. The van der Waals surface area contributed by atoms with E-state index in [0.29, 0.717) is 35.3 Å². The number of benzene rings is 2. The molecule has 0 fully saturated rings. The van der Waals surface area contributed by atoms with Gasteiger partial charge >= 0.3 is 0 Å². The largest absolute Gasteiger partial charge is 0.394 e. The van der Waals surface area contributed by atoms with Crippen LogP contribution in [0.5, 0.6) is 0 Å². The summed E-state index contributed by atoms with van der Waals surface area (Å²) in [5.41, 5.74) is 4.62. The van der Waals surface area contributed by atoms with Gasteiger partial charge < -0.3 is 20.6 Å². The topological polar surface area (TPSA) is 116 Å². The summed E-state index contributed by atoms with van der Waals surface area (Å²) in [4.78, 5) is 23.0. The number of rotatable bonds is 7. The van der Waals surface area contributed by atoms with Gasteiger partial charge in [0.15, 0.2) is 5.01 Å². The summed E-state index contributed by atoms with van der Waals surface area (Å²) in [7, 11) is 1.81. The zero-order valence-electron chi connectivity index (χ0n) is 19.4. The maximum atomic E-state index is 12.0. The molecule has 1 amide bonds. The Hall–Kier alpha value is -3.89. The average Bonchev–Trinajstić information content (AvgIpc) is 3.30. The van der Waals surface area contributed by atoms with Crippen molar-refractivity contribution in [3.63, 3.8) is 0 Å². The van der Waals surface area contributed by atoms with Crippen LogP contribution >= 0.6 is 11.3 Å². The number of hydrogen-bond acceptors (Lipinski definition) is 9. The van der Waals surface area contributed by atoms with Crippen molar-refractivity contribution < 1.29 is 9.90 Å². The van der Waals surface area contributed by atoms with Crippen molar-refractivity contribution in [2.45, 2.75) is 25.9 Å². The quantitative estimate of drug-likeness (QED) is 0.361. The van der Waals surface area contributed by atoms with Gasteiger partial charge in [0.1, 0.15) is 10.8 Å². The van der Waals surface area contributed by atoms with Crippen molar-refractivity contribution in [2.75, 3.05) is 24.3 Å². The van der Waals surface area contributed by atoms with Crippen molar-refractivity contribution in [1.82, 2.24) is 25.1 Å². The Morgan fingerprint density at radius 2 is 1.97 bits per heavy atom. The van der Waals surface area contributed by atoms with E-state index in [1.165, 1.54) is 11.3 Å². The first-order chi connectivity index (χ1) is 17.0. The first-order valence-electron chi connectivity index (χ1n) is 11.2. The lowest BCUT2D eigenvalue weighted by molar-refractivity contribution is -0.130. The summed E-state index contributed by atoms with van der Waals surface area (Å²) in [6, 6.07) is 15.3. The molecule has 10 heteroatoms. The van der Waals surface area contributed by atoms with Crippen LogP contribution in [0.3, 0.4) is 0 Å². The molecule has 1 aliphatic rings. The highest BCUT2D eigenvalue weighted by Gasteiger charge is 2.21. The Labute approximate surface area is 206 Å². The van der Waals surface area contributed by atoms with Crippen LogP contribution in [0.4, 0.5) is 17.5 Å². The fraction of sp³-hybridized carbons (Fsp3) is 0.240. The molecular weight excluding hydrogens is 462 g/mol. The smallest absolute Gasteiger partial charge is 0.229 e. The fourth-order valence-electron chi connectivity index (χ4n) is 3.99. The highest BCUT2D eigenvalue weighted by atomic mass is 32.1. The van der Waals surface area contributed by atoms with E-state index >= 15 is 0 Å². The van der Waals surface area contributed by atoms with Gasteiger partial charge in [-0.2, -0.15) is 4.98 Å². The number of fused-ring (bicyclic) bond motifs is 1. The van der Waals surface area contributed by atoms with E-state index in [4.69, 9.17) is 4.98 Å². The van der Waals surface area contributed by atoms with E-state index in [2.05, 4.69) is 25.8 Å². The predicted molar refractivity (Wildman–Crippen MR) is 135 cm³/mol. The first kappa shape index (κ1) is 22.9. The maximum absolute atomic E-state index is 12.0. The van der Waals surface area contributed by atoms with Gasteiger partial charge in [-0.3, -0.25) is 4.79 Å². The standard InChI is InChI=1S/C25H25N7O2S/c1-15-30-31-24(35-15)20-12-26-25(29-23(20)28-21(14-33)16-6-4-3-5-7-16)27-19-9-8-17-11-22(34)32(2)13-18(17)10-19/h3-10,12,21,33H,11,13-14H2,1-2H3,(H2,26,27,28,29)/t21-/m1/s1. The van der Waals surface area contributed by atoms with Crippen LogP contribution in [0.2, 0.25) is 0 Å². The van der Waals surface area contributed by atoms with E-state index < -0.39 is 0 Å². The summed E-state index contributed by atoms with van der Waals surface area (Å²) in [5, 5.41) is 26.6. The zero-order valence-corrected chi connectivity index (χ0v) is 20.2. The SMILES string of the molecule is Cc1nnc(-c2cnc(Nc3ccc4c(c3)CN(C)C(=O)C4)nc2N[C@H](CO)c2ccccc2)s1. The third-order valence-corrected chi connectivity index (χ3v) is 6.75. The Balaban J connectivity index is 1.46. The van der Waals surface area contributed by atoms with Crippen LogP contribution in [-0.2, 0) is 17.8 Å². The van der Waals surface area contributed by atoms with E-state index in [9.17, 15) is 9.90 Å². The predicted octanol–water partition coefficient (Wildman–Crippen LogP) is 3.71. The molecule has 178 valence electrons. The van der Waals surface area contributed by atoms with Crippen molar-refractivity contribution in [3.8, 4) is 10.6 Å². The van der Waals surface area contributed by atoms with Crippen LogP contribution in [0, 0.1) is 6.92 Å². The Kier molecular flexibility index (Phi) is 6.39. The van der Waals surface area contributed by atoms with Gasteiger partial charge in [0.05, 0.1) is 24.6 Å². The molecular formula is C25H25N7O2S. The van der Waals surface area contributed by atoms with Gasteiger partial charge in [0.2, 0.25) is 11.9 Å². The molecule has 35 heavy (non-hydrogen) atoms. The number of amides is 1. The van der Waals surface area contributed by atoms with Gasteiger partial charge in [-0.05, 0) is 35.7 Å². The number of likely N-dealkylation sites (N-methyl/N-ethyl adjacent to an activating group) is 1. The maximum Gasteiger partial charge on any atom is 0.229 e. The van der Waals surface area contributed by atoms with Crippen molar-refractivity contribution in [1.29, 1.82) is 0 Å². The Morgan fingerprint density at radius 3 is 2.71 bits per heavy atom. The second-order valence-electron chi connectivity index (χ2n) is 8.41.